The minimum Gasteiger partial charge on any atom is -0.507 e. The molecule has 0 bridgehead atoms. The fourth-order valence-corrected chi connectivity index (χ4v) is 3.21. The molecule has 0 aliphatic carbocycles. The van der Waals surface area contributed by atoms with E-state index in [9.17, 15) is 9.90 Å². The molecule has 0 saturated heterocycles. The summed E-state index contributed by atoms with van der Waals surface area (Å²) in [6.45, 7) is 4.42. The standard InChI is InChI=1S/C23H30O3/c1-3-4-5-6-7-11-16-26-20-14-15-21(22(25)17-20)23(18(2)24)19-12-9-8-10-13-19/h8-10,12-15,17,23,25H,3-7,11,16H2,1-2H3. The molecule has 26 heavy (non-hydrogen) atoms. The fourth-order valence-electron chi connectivity index (χ4n) is 3.21. The van der Waals surface area contributed by atoms with Crippen molar-refractivity contribution < 1.29 is 14.6 Å². The molecule has 2 aromatic carbocycles. The van der Waals surface area contributed by atoms with Crippen LogP contribution in [0.2, 0.25) is 0 Å². The van der Waals surface area contributed by atoms with E-state index in [4.69, 9.17) is 4.74 Å². The maximum Gasteiger partial charge on any atom is 0.141 e. The van der Waals surface area contributed by atoms with Crippen molar-refractivity contribution >= 4 is 5.78 Å². The summed E-state index contributed by atoms with van der Waals surface area (Å²) in [6, 6.07) is 14.8. The Bertz CT molecular complexity index is 679. The van der Waals surface area contributed by atoms with Crippen LogP contribution in [0.25, 0.3) is 0 Å². The van der Waals surface area contributed by atoms with Gasteiger partial charge in [-0.2, -0.15) is 0 Å². The molecular formula is C23H30O3. The molecule has 0 saturated carbocycles. The van der Waals surface area contributed by atoms with Crippen molar-refractivity contribution in [2.24, 2.45) is 0 Å². The SMILES string of the molecule is CCCCCCCCOc1ccc(C(C(C)=O)c2ccccc2)c(O)c1. The van der Waals surface area contributed by atoms with E-state index in [0.29, 0.717) is 17.9 Å². The molecular weight excluding hydrogens is 324 g/mol. The van der Waals surface area contributed by atoms with Gasteiger partial charge in [-0.05, 0) is 25.0 Å². The highest BCUT2D eigenvalue weighted by Crippen LogP contribution is 2.34. The Kier molecular flexibility index (Phi) is 8.20. The normalized spacial score (nSPS) is 11.9. The van der Waals surface area contributed by atoms with Gasteiger partial charge in [0.15, 0.2) is 0 Å². The lowest BCUT2D eigenvalue weighted by atomic mass is 9.87. The summed E-state index contributed by atoms with van der Waals surface area (Å²) >= 11 is 0. The van der Waals surface area contributed by atoms with Crippen molar-refractivity contribution in [2.45, 2.75) is 58.3 Å². The van der Waals surface area contributed by atoms with Crippen molar-refractivity contribution in [3.63, 3.8) is 0 Å². The number of unbranched alkanes of at least 4 members (excludes halogenated alkanes) is 5. The Morgan fingerprint density at radius 2 is 1.69 bits per heavy atom. The van der Waals surface area contributed by atoms with Crippen molar-refractivity contribution in [2.75, 3.05) is 6.61 Å². The highest BCUT2D eigenvalue weighted by molar-refractivity contribution is 5.87. The first-order chi connectivity index (χ1) is 12.6. The minimum absolute atomic E-state index is 0.00671. The number of Topliss-reactive ketones (excluding diaryl/α,β-unsaturated/α-hetero) is 1. The van der Waals surface area contributed by atoms with Gasteiger partial charge in [0.2, 0.25) is 0 Å². The molecule has 2 rings (SSSR count). The third kappa shape index (κ3) is 5.91. The largest absolute Gasteiger partial charge is 0.507 e. The summed E-state index contributed by atoms with van der Waals surface area (Å²) < 4.78 is 5.75. The van der Waals surface area contributed by atoms with Gasteiger partial charge in [-0.3, -0.25) is 4.79 Å². The van der Waals surface area contributed by atoms with Crippen LogP contribution in [0.3, 0.4) is 0 Å². The van der Waals surface area contributed by atoms with Crippen LogP contribution in [0.5, 0.6) is 11.5 Å². The first-order valence-corrected chi connectivity index (χ1v) is 9.64. The highest BCUT2D eigenvalue weighted by atomic mass is 16.5. The molecule has 3 heteroatoms. The third-order valence-corrected chi connectivity index (χ3v) is 4.62. The van der Waals surface area contributed by atoms with Crippen LogP contribution in [0.4, 0.5) is 0 Å². The van der Waals surface area contributed by atoms with Gasteiger partial charge in [0.1, 0.15) is 17.3 Å². The number of phenols is 1. The summed E-state index contributed by atoms with van der Waals surface area (Å²) in [7, 11) is 0. The van der Waals surface area contributed by atoms with Gasteiger partial charge in [-0.1, -0.05) is 75.4 Å². The zero-order valence-electron chi connectivity index (χ0n) is 15.9. The van der Waals surface area contributed by atoms with E-state index in [0.717, 1.165) is 12.0 Å². The molecule has 1 N–H and O–H groups in total. The van der Waals surface area contributed by atoms with Crippen molar-refractivity contribution in [1.29, 1.82) is 0 Å². The smallest absolute Gasteiger partial charge is 0.141 e. The summed E-state index contributed by atoms with van der Waals surface area (Å²) in [5.74, 6) is 0.306. The molecule has 0 radical (unpaired) electrons. The Morgan fingerprint density at radius 3 is 2.35 bits per heavy atom. The first-order valence-electron chi connectivity index (χ1n) is 9.64. The third-order valence-electron chi connectivity index (χ3n) is 4.62. The topological polar surface area (TPSA) is 46.5 Å². The lowest BCUT2D eigenvalue weighted by Crippen LogP contribution is -2.11. The van der Waals surface area contributed by atoms with Crippen molar-refractivity contribution in [1.82, 2.24) is 0 Å². The second kappa shape index (κ2) is 10.6. The average Bonchev–Trinajstić information content (AvgIpc) is 2.63. The molecule has 0 aliphatic heterocycles. The first kappa shape index (κ1) is 20.0. The molecule has 0 amide bonds. The van der Waals surface area contributed by atoms with E-state index < -0.39 is 5.92 Å². The molecule has 2 aromatic rings. The molecule has 1 atom stereocenters. The van der Waals surface area contributed by atoms with E-state index in [1.807, 2.05) is 36.4 Å². The number of carbonyl (C=O) groups is 1. The molecule has 1 unspecified atom stereocenters. The number of phenolic OH excluding ortho intramolecular Hbond substituents is 1. The van der Waals surface area contributed by atoms with E-state index >= 15 is 0 Å². The van der Waals surface area contributed by atoms with Crippen LogP contribution >= 0.6 is 0 Å². The number of ether oxygens (including phenoxy) is 1. The Morgan fingerprint density at radius 1 is 1.00 bits per heavy atom. The van der Waals surface area contributed by atoms with Gasteiger partial charge in [0.05, 0.1) is 12.5 Å². The number of carbonyl (C=O) groups excluding carboxylic acids is 1. The quantitative estimate of drug-likeness (QED) is 0.515. The zero-order chi connectivity index (χ0) is 18.8. The molecule has 0 aliphatic rings. The summed E-state index contributed by atoms with van der Waals surface area (Å²) in [4.78, 5) is 12.2. The average molecular weight is 354 g/mol. The van der Waals surface area contributed by atoms with Crippen LogP contribution < -0.4 is 4.74 Å². The molecule has 0 aromatic heterocycles. The predicted octanol–water partition coefficient (Wildman–Crippen LogP) is 5.85. The molecule has 0 fully saturated rings. The van der Waals surface area contributed by atoms with Gasteiger partial charge in [-0.15, -0.1) is 0 Å². The number of hydrogen-bond acceptors (Lipinski definition) is 3. The van der Waals surface area contributed by atoms with E-state index in [2.05, 4.69) is 6.92 Å². The Labute approximate surface area is 157 Å². The molecule has 140 valence electrons. The maximum absolute atomic E-state index is 12.2. The van der Waals surface area contributed by atoms with Gasteiger partial charge < -0.3 is 9.84 Å². The number of benzene rings is 2. The highest BCUT2D eigenvalue weighted by Gasteiger charge is 2.22. The lowest BCUT2D eigenvalue weighted by Gasteiger charge is -2.17. The molecule has 0 heterocycles. The van der Waals surface area contributed by atoms with Gasteiger partial charge >= 0.3 is 0 Å². The Balaban J connectivity index is 1.96. The summed E-state index contributed by atoms with van der Waals surface area (Å²) in [6.07, 6.45) is 7.29. The minimum atomic E-state index is -0.455. The summed E-state index contributed by atoms with van der Waals surface area (Å²) in [5, 5.41) is 10.4. The van der Waals surface area contributed by atoms with Gasteiger partial charge in [0, 0.05) is 11.6 Å². The van der Waals surface area contributed by atoms with E-state index in [1.54, 1.807) is 19.1 Å². The van der Waals surface area contributed by atoms with Crippen LogP contribution in [0.1, 0.15) is 69.4 Å². The van der Waals surface area contributed by atoms with E-state index in [-0.39, 0.29) is 11.5 Å². The second-order valence-electron chi connectivity index (χ2n) is 6.79. The van der Waals surface area contributed by atoms with Crippen molar-refractivity contribution in [3.8, 4) is 11.5 Å². The van der Waals surface area contributed by atoms with Gasteiger partial charge in [-0.25, -0.2) is 0 Å². The van der Waals surface area contributed by atoms with Crippen molar-refractivity contribution in [3.05, 3.63) is 59.7 Å². The Hall–Kier alpha value is -2.29. The number of ketones is 1. The van der Waals surface area contributed by atoms with Crippen LogP contribution in [0, 0.1) is 0 Å². The van der Waals surface area contributed by atoms with E-state index in [1.165, 1.54) is 32.1 Å². The monoisotopic (exact) mass is 354 g/mol. The lowest BCUT2D eigenvalue weighted by molar-refractivity contribution is -0.117. The molecule has 0 spiro atoms. The van der Waals surface area contributed by atoms with Crippen LogP contribution in [-0.4, -0.2) is 17.5 Å². The van der Waals surface area contributed by atoms with Crippen LogP contribution in [0.15, 0.2) is 48.5 Å². The number of rotatable bonds is 11. The summed E-state index contributed by atoms with van der Waals surface area (Å²) in [5.41, 5.74) is 1.51. The number of hydrogen-bond donors (Lipinski definition) is 1. The fraction of sp³-hybridized carbons (Fsp3) is 0.435. The second-order valence-corrected chi connectivity index (χ2v) is 6.79. The van der Waals surface area contributed by atoms with Gasteiger partial charge in [0.25, 0.3) is 0 Å². The molecule has 3 nitrogen and oxygen atoms in total. The number of aromatic hydroxyl groups is 1. The predicted molar refractivity (Wildman–Crippen MR) is 106 cm³/mol. The van der Waals surface area contributed by atoms with Crippen LogP contribution in [-0.2, 0) is 4.79 Å². The zero-order valence-corrected chi connectivity index (χ0v) is 15.9. The maximum atomic E-state index is 12.2.